The SMILES string of the molecule is CC(C)c1nn(C)c(N(CCO)CCO)c1[N+](=O)[O-]. The highest BCUT2D eigenvalue weighted by Gasteiger charge is 2.31. The van der Waals surface area contributed by atoms with Gasteiger partial charge in [-0.15, -0.1) is 0 Å². The zero-order chi connectivity index (χ0) is 14.6. The molecule has 19 heavy (non-hydrogen) atoms. The molecule has 1 aromatic rings. The van der Waals surface area contributed by atoms with Crippen molar-refractivity contribution in [3.63, 3.8) is 0 Å². The molecule has 1 aromatic heterocycles. The Morgan fingerprint density at radius 2 is 1.89 bits per heavy atom. The van der Waals surface area contributed by atoms with Crippen LogP contribution in [0, 0.1) is 10.1 Å². The van der Waals surface area contributed by atoms with Crippen LogP contribution >= 0.6 is 0 Å². The predicted octanol–water partition coefficient (Wildman–Crippen LogP) is 0.243. The number of hydrogen-bond donors (Lipinski definition) is 2. The first kappa shape index (κ1) is 15.4. The van der Waals surface area contributed by atoms with Crippen LogP contribution in [-0.2, 0) is 7.05 Å². The number of nitro groups is 1. The maximum absolute atomic E-state index is 11.3. The lowest BCUT2D eigenvalue weighted by atomic mass is 10.1. The van der Waals surface area contributed by atoms with E-state index in [9.17, 15) is 10.1 Å². The summed E-state index contributed by atoms with van der Waals surface area (Å²) in [6, 6.07) is 0. The van der Waals surface area contributed by atoms with E-state index in [-0.39, 0.29) is 37.9 Å². The van der Waals surface area contributed by atoms with E-state index < -0.39 is 4.92 Å². The normalized spacial score (nSPS) is 11.1. The van der Waals surface area contributed by atoms with Crippen molar-refractivity contribution in [2.45, 2.75) is 19.8 Å². The monoisotopic (exact) mass is 272 g/mol. The first-order valence-electron chi connectivity index (χ1n) is 6.12. The maximum atomic E-state index is 11.3. The Balaban J connectivity index is 3.34. The van der Waals surface area contributed by atoms with E-state index in [0.29, 0.717) is 11.5 Å². The summed E-state index contributed by atoms with van der Waals surface area (Å²) in [5.41, 5.74) is 0.350. The second-order valence-corrected chi connectivity index (χ2v) is 4.53. The second-order valence-electron chi connectivity index (χ2n) is 4.53. The number of anilines is 1. The van der Waals surface area contributed by atoms with Crippen LogP contribution < -0.4 is 4.90 Å². The van der Waals surface area contributed by atoms with Crippen LogP contribution in [0.1, 0.15) is 25.5 Å². The van der Waals surface area contributed by atoms with Gasteiger partial charge < -0.3 is 15.1 Å². The summed E-state index contributed by atoms with van der Waals surface area (Å²) in [4.78, 5) is 12.4. The fraction of sp³-hybridized carbons (Fsp3) is 0.727. The molecule has 0 aromatic carbocycles. The number of aryl methyl sites for hydroxylation is 1. The molecule has 0 fully saturated rings. The quantitative estimate of drug-likeness (QED) is 0.544. The van der Waals surface area contributed by atoms with Crippen LogP contribution in [0.2, 0.25) is 0 Å². The van der Waals surface area contributed by atoms with Gasteiger partial charge in [0.2, 0.25) is 5.82 Å². The molecule has 0 saturated carbocycles. The van der Waals surface area contributed by atoms with Crippen molar-refractivity contribution in [2.24, 2.45) is 7.05 Å². The predicted molar refractivity (Wildman–Crippen MR) is 70.3 cm³/mol. The number of aliphatic hydroxyl groups is 2. The van der Waals surface area contributed by atoms with Gasteiger partial charge in [0.25, 0.3) is 0 Å². The Labute approximate surface area is 111 Å². The van der Waals surface area contributed by atoms with Crippen LogP contribution in [0.25, 0.3) is 0 Å². The topological polar surface area (TPSA) is 105 Å². The standard InChI is InChI=1S/C11H20N4O4/c1-8(2)9-10(15(18)19)11(13(3)12-9)14(4-6-16)5-7-17/h8,16-17H,4-7H2,1-3H3. The summed E-state index contributed by atoms with van der Waals surface area (Å²) in [6.45, 7) is 3.78. The molecule has 0 spiro atoms. The van der Waals surface area contributed by atoms with Crippen LogP contribution in [-0.4, -0.2) is 51.2 Å². The molecule has 8 nitrogen and oxygen atoms in total. The molecule has 8 heteroatoms. The van der Waals surface area contributed by atoms with E-state index in [2.05, 4.69) is 5.10 Å². The zero-order valence-corrected chi connectivity index (χ0v) is 11.4. The molecule has 0 aliphatic rings. The van der Waals surface area contributed by atoms with E-state index in [1.807, 2.05) is 13.8 Å². The number of aromatic nitrogens is 2. The molecule has 1 heterocycles. The minimum absolute atomic E-state index is 0.0561. The second kappa shape index (κ2) is 6.48. The first-order chi connectivity index (χ1) is 8.93. The first-order valence-corrected chi connectivity index (χ1v) is 6.12. The van der Waals surface area contributed by atoms with Gasteiger partial charge >= 0.3 is 5.69 Å². The van der Waals surface area contributed by atoms with Crippen molar-refractivity contribution < 1.29 is 15.1 Å². The minimum Gasteiger partial charge on any atom is -0.395 e. The number of aliphatic hydroxyl groups excluding tert-OH is 2. The summed E-state index contributed by atoms with van der Waals surface area (Å²) in [6.07, 6.45) is 0. The molecule has 2 N–H and O–H groups in total. The van der Waals surface area contributed by atoms with Gasteiger partial charge in [-0.3, -0.25) is 10.1 Å². The maximum Gasteiger partial charge on any atom is 0.334 e. The smallest absolute Gasteiger partial charge is 0.334 e. The van der Waals surface area contributed by atoms with Gasteiger partial charge in [0.15, 0.2) is 0 Å². The summed E-state index contributed by atoms with van der Waals surface area (Å²) < 4.78 is 1.43. The molecule has 0 radical (unpaired) electrons. The van der Waals surface area contributed by atoms with Gasteiger partial charge in [-0.05, 0) is 0 Å². The number of nitrogens with zero attached hydrogens (tertiary/aromatic N) is 4. The molecular formula is C11H20N4O4. The summed E-state index contributed by atoms with van der Waals surface area (Å²) >= 11 is 0. The molecule has 0 unspecified atom stereocenters. The van der Waals surface area contributed by atoms with Crippen molar-refractivity contribution in [3.05, 3.63) is 15.8 Å². The highest BCUT2D eigenvalue weighted by Crippen LogP contribution is 2.35. The van der Waals surface area contributed by atoms with E-state index in [0.717, 1.165) is 0 Å². The molecule has 108 valence electrons. The van der Waals surface area contributed by atoms with Crippen molar-refractivity contribution in [3.8, 4) is 0 Å². The van der Waals surface area contributed by atoms with E-state index >= 15 is 0 Å². The summed E-state index contributed by atoms with van der Waals surface area (Å²) in [5, 5.41) is 33.5. The van der Waals surface area contributed by atoms with Crippen LogP contribution in [0.5, 0.6) is 0 Å². The van der Waals surface area contributed by atoms with E-state index in [4.69, 9.17) is 10.2 Å². The molecule has 1 rings (SSSR count). The number of hydrogen-bond acceptors (Lipinski definition) is 6. The Morgan fingerprint density at radius 1 is 1.37 bits per heavy atom. The zero-order valence-electron chi connectivity index (χ0n) is 11.4. The fourth-order valence-corrected chi connectivity index (χ4v) is 2.01. The molecular weight excluding hydrogens is 252 g/mol. The third-order valence-electron chi connectivity index (χ3n) is 2.79. The Bertz CT molecular complexity index is 438. The van der Waals surface area contributed by atoms with Gasteiger partial charge in [-0.2, -0.15) is 5.10 Å². The van der Waals surface area contributed by atoms with Crippen molar-refractivity contribution >= 4 is 11.5 Å². The largest absolute Gasteiger partial charge is 0.395 e. The number of rotatable bonds is 7. The summed E-state index contributed by atoms with van der Waals surface area (Å²) in [5.74, 6) is 0.238. The minimum atomic E-state index is -0.459. The van der Waals surface area contributed by atoms with Gasteiger partial charge in [0.05, 0.1) is 18.1 Å². The lowest BCUT2D eigenvalue weighted by Gasteiger charge is -2.21. The molecule has 0 aliphatic heterocycles. The van der Waals surface area contributed by atoms with Crippen LogP contribution in [0.4, 0.5) is 11.5 Å². The van der Waals surface area contributed by atoms with Crippen molar-refractivity contribution in [1.29, 1.82) is 0 Å². The highest BCUT2D eigenvalue weighted by atomic mass is 16.6. The average Bonchev–Trinajstić information content (AvgIpc) is 2.67. The van der Waals surface area contributed by atoms with Gasteiger partial charge in [0.1, 0.15) is 5.69 Å². The van der Waals surface area contributed by atoms with Crippen molar-refractivity contribution in [1.82, 2.24) is 9.78 Å². The highest BCUT2D eigenvalue weighted by molar-refractivity contribution is 5.62. The van der Waals surface area contributed by atoms with Gasteiger partial charge in [0, 0.05) is 26.1 Å². The third kappa shape index (κ3) is 3.21. The van der Waals surface area contributed by atoms with E-state index in [1.54, 1.807) is 11.9 Å². The lowest BCUT2D eigenvalue weighted by molar-refractivity contribution is -0.385. The Morgan fingerprint density at radius 3 is 2.26 bits per heavy atom. The van der Waals surface area contributed by atoms with Crippen molar-refractivity contribution in [2.75, 3.05) is 31.2 Å². The molecule has 0 saturated heterocycles. The molecule has 0 atom stereocenters. The van der Waals surface area contributed by atoms with Crippen LogP contribution in [0.15, 0.2) is 0 Å². The van der Waals surface area contributed by atoms with Crippen LogP contribution in [0.3, 0.4) is 0 Å². The lowest BCUT2D eigenvalue weighted by Crippen LogP contribution is -2.31. The third-order valence-corrected chi connectivity index (χ3v) is 2.79. The molecule has 0 amide bonds. The van der Waals surface area contributed by atoms with Gasteiger partial charge in [-0.1, -0.05) is 13.8 Å². The average molecular weight is 272 g/mol. The van der Waals surface area contributed by atoms with E-state index in [1.165, 1.54) is 4.68 Å². The fourth-order valence-electron chi connectivity index (χ4n) is 2.01. The molecule has 0 aliphatic carbocycles. The summed E-state index contributed by atoms with van der Waals surface area (Å²) in [7, 11) is 1.62. The molecule has 0 bridgehead atoms. The van der Waals surface area contributed by atoms with Gasteiger partial charge in [-0.25, -0.2) is 4.68 Å². The Kier molecular flexibility index (Phi) is 5.25. The Hall–Kier alpha value is -1.67.